The molecule has 1 N–H and O–H groups in total. The van der Waals surface area contributed by atoms with Crippen LogP contribution >= 0.6 is 0 Å². The van der Waals surface area contributed by atoms with Gasteiger partial charge in [0.1, 0.15) is 11.4 Å². The van der Waals surface area contributed by atoms with Crippen molar-refractivity contribution in [1.82, 2.24) is 0 Å². The van der Waals surface area contributed by atoms with Gasteiger partial charge in [-0.2, -0.15) is 0 Å². The maximum absolute atomic E-state index is 12.4. The summed E-state index contributed by atoms with van der Waals surface area (Å²) in [5.74, 6) is 0.836. The molecular formula is C33H41BO4. The van der Waals surface area contributed by atoms with Crippen LogP contribution in [0.25, 0.3) is 11.1 Å². The largest absolute Gasteiger partial charge is 0.494 e. The van der Waals surface area contributed by atoms with Crippen LogP contribution in [0.3, 0.4) is 0 Å². The van der Waals surface area contributed by atoms with E-state index in [1.165, 1.54) is 32.1 Å². The van der Waals surface area contributed by atoms with Crippen molar-refractivity contribution in [3.8, 4) is 16.9 Å². The van der Waals surface area contributed by atoms with Gasteiger partial charge in [-0.1, -0.05) is 93.6 Å². The Bertz CT molecular complexity index is 1250. The third-order valence-electron chi connectivity index (χ3n) is 8.60. The van der Waals surface area contributed by atoms with E-state index < -0.39 is 23.9 Å². The lowest BCUT2D eigenvalue weighted by Crippen LogP contribution is -2.41. The van der Waals surface area contributed by atoms with Crippen LogP contribution in [-0.2, 0) is 14.9 Å². The molecule has 200 valence electrons. The summed E-state index contributed by atoms with van der Waals surface area (Å²) >= 11 is 0. The first-order valence-corrected chi connectivity index (χ1v) is 14.2. The molecule has 0 spiro atoms. The topological polar surface area (TPSA) is 47.9 Å². The van der Waals surface area contributed by atoms with Gasteiger partial charge in [-0.3, -0.25) is 0 Å². The van der Waals surface area contributed by atoms with E-state index >= 15 is 0 Å². The summed E-state index contributed by atoms with van der Waals surface area (Å²) < 4.78 is 18.7. The monoisotopic (exact) mass is 512 g/mol. The minimum absolute atomic E-state index is 0.429. The third-order valence-corrected chi connectivity index (χ3v) is 8.60. The molecule has 0 aromatic heterocycles. The predicted molar refractivity (Wildman–Crippen MR) is 155 cm³/mol. The second kappa shape index (κ2) is 10.5. The average molecular weight is 512 g/mol. The predicted octanol–water partition coefficient (Wildman–Crippen LogP) is 6.99. The van der Waals surface area contributed by atoms with Crippen molar-refractivity contribution in [1.29, 1.82) is 0 Å². The number of fused-ring (bicyclic) bond motifs is 3. The molecule has 1 atom stereocenters. The zero-order valence-corrected chi connectivity index (χ0v) is 23.5. The molecule has 3 aromatic rings. The molecule has 38 heavy (non-hydrogen) atoms. The molecule has 0 radical (unpaired) electrons. The molecule has 0 bridgehead atoms. The lowest BCUT2D eigenvalue weighted by Gasteiger charge is -2.32. The van der Waals surface area contributed by atoms with Gasteiger partial charge in [0.15, 0.2) is 0 Å². The quantitative estimate of drug-likeness (QED) is 0.235. The molecule has 0 saturated carbocycles. The Morgan fingerprint density at radius 3 is 2.08 bits per heavy atom. The summed E-state index contributed by atoms with van der Waals surface area (Å²) in [4.78, 5) is 0. The second-order valence-corrected chi connectivity index (χ2v) is 11.8. The van der Waals surface area contributed by atoms with Gasteiger partial charge < -0.3 is 19.2 Å². The van der Waals surface area contributed by atoms with Crippen LogP contribution in [0.1, 0.15) is 89.8 Å². The molecule has 4 nitrogen and oxygen atoms in total. The van der Waals surface area contributed by atoms with E-state index in [1.54, 1.807) is 0 Å². The standard InChI is InChI=1S/C33H41BO4/c1-6-7-8-9-10-13-22-36-26-19-16-24(17-20-26)33(35)29-15-12-11-14-27(29)28-21-18-25(23-30(28)33)34-37-31(2,3)32(4,5)38-34/h11-12,14-21,23,35H,6-10,13,22H2,1-5H3. The van der Waals surface area contributed by atoms with Gasteiger partial charge in [0, 0.05) is 11.1 Å². The number of aliphatic hydroxyl groups is 1. The summed E-state index contributed by atoms with van der Waals surface area (Å²) in [6.07, 6.45) is 7.44. The second-order valence-electron chi connectivity index (χ2n) is 11.8. The van der Waals surface area contributed by atoms with Gasteiger partial charge >= 0.3 is 7.12 Å². The summed E-state index contributed by atoms with van der Waals surface area (Å²) in [6, 6.07) is 22.2. The van der Waals surface area contributed by atoms with Crippen molar-refractivity contribution in [3.05, 3.63) is 83.4 Å². The first-order valence-electron chi connectivity index (χ1n) is 14.2. The Kier molecular flexibility index (Phi) is 7.47. The molecule has 5 heteroatoms. The number of hydrogen-bond donors (Lipinski definition) is 1. The van der Waals surface area contributed by atoms with E-state index in [0.717, 1.165) is 52.1 Å². The van der Waals surface area contributed by atoms with Crippen molar-refractivity contribution in [3.63, 3.8) is 0 Å². The van der Waals surface area contributed by atoms with Crippen molar-refractivity contribution < 1.29 is 19.2 Å². The fourth-order valence-corrected chi connectivity index (χ4v) is 5.58. The third kappa shape index (κ3) is 4.81. The normalized spacial score (nSPS) is 20.8. The summed E-state index contributed by atoms with van der Waals surface area (Å²) in [6.45, 7) is 11.2. The summed E-state index contributed by atoms with van der Waals surface area (Å²) in [5, 5.41) is 12.4. The summed E-state index contributed by atoms with van der Waals surface area (Å²) in [5.41, 5.74) is 3.43. The maximum atomic E-state index is 12.4. The number of ether oxygens (including phenoxy) is 1. The van der Waals surface area contributed by atoms with Gasteiger partial charge in [0.2, 0.25) is 0 Å². The highest BCUT2D eigenvalue weighted by molar-refractivity contribution is 6.62. The molecule has 1 heterocycles. The zero-order valence-electron chi connectivity index (χ0n) is 23.5. The van der Waals surface area contributed by atoms with Crippen LogP contribution in [0.15, 0.2) is 66.7 Å². The first kappa shape index (κ1) is 27.0. The fraction of sp³-hybridized carbons (Fsp3) is 0.455. The first-order chi connectivity index (χ1) is 18.2. The highest BCUT2D eigenvalue weighted by atomic mass is 16.7. The van der Waals surface area contributed by atoms with E-state index in [9.17, 15) is 5.11 Å². The van der Waals surface area contributed by atoms with E-state index in [-0.39, 0.29) is 0 Å². The van der Waals surface area contributed by atoms with E-state index in [2.05, 4.69) is 58.9 Å². The van der Waals surface area contributed by atoms with Crippen LogP contribution in [0.2, 0.25) is 0 Å². The molecule has 2 aliphatic rings. The van der Waals surface area contributed by atoms with Crippen LogP contribution in [0.5, 0.6) is 5.75 Å². The number of unbranched alkanes of at least 4 members (excludes halogenated alkanes) is 5. The fourth-order valence-electron chi connectivity index (χ4n) is 5.58. The highest BCUT2D eigenvalue weighted by Gasteiger charge is 2.52. The van der Waals surface area contributed by atoms with E-state index in [4.69, 9.17) is 14.0 Å². The van der Waals surface area contributed by atoms with Gasteiger partial charge in [-0.05, 0) is 68.4 Å². The number of hydrogen-bond acceptors (Lipinski definition) is 4. The molecule has 1 unspecified atom stereocenters. The van der Waals surface area contributed by atoms with Crippen molar-refractivity contribution in [2.75, 3.05) is 6.61 Å². The average Bonchev–Trinajstić information content (AvgIpc) is 3.30. The van der Waals surface area contributed by atoms with E-state index in [0.29, 0.717) is 0 Å². The Labute approximate surface area is 228 Å². The van der Waals surface area contributed by atoms with Crippen molar-refractivity contribution in [2.45, 2.75) is 89.9 Å². The molecule has 5 rings (SSSR count). The minimum Gasteiger partial charge on any atom is -0.494 e. The smallest absolute Gasteiger partial charge is 0.494 e. The number of benzene rings is 3. The van der Waals surface area contributed by atoms with Gasteiger partial charge in [0.25, 0.3) is 0 Å². The molecule has 1 fully saturated rings. The van der Waals surface area contributed by atoms with Crippen LogP contribution in [0.4, 0.5) is 0 Å². The van der Waals surface area contributed by atoms with Gasteiger partial charge in [-0.15, -0.1) is 0 Å². The maximum Gasteiger partial charge on any atom is 0.494 e. The Balaban J connectivity index is 1.40. The Morgan fingerprint density at radius 2 is 1.37 bits per heavy atom. The summed E-state index contributed by atoms with van der Waals surface area (Å²) in [7, 11) is -0.490. The van der Waals surface area contributed by atoms with Gasteiger partial charge in [0.05, 0.1) is 17.8 Å². The Morgan fingerprint density at radius 1 is 0.737 bits per heavy atom. The lowest BCUT2D eigenvalue weighted by molar-refractivity contribution is 0.00578. The molecular weight excluding hydrogens is 471 g/mol. The number of rotatable bonds is 10. The van der Waals surface area contributed by atoms with Crippen molar-refractivity contribution in [2.24, 2.45) is 0 Å². The van der Waals surface area contributed by atoms with E-state index in [1.807, 2.05) is 42.5 Å². The Hall–Kier alpha value is -2.60. The molecule has 3 aromatic carbocycles. The van der Waals surface area contributed by atoms with Gasteiger partial charge in [-0.25, -0.2) is 0 Å². The minimum atomic E-state index is -1.27. The molecule has 1 aliphatic carbocycles. The molecule has 1 saturated heterocycles. The molecule has 0 amide bonds. The SMILES string of the molecule is CCCCCCCCOc1ccc(C2(O)c3ccccc3-c3ccc(B4OC(C)(C)C(C)(C)O4)cc32)cc1. The highest BCUT2D eigenvalue weighted by Crippen LogP contribution is 2.51. The van der Waals surface area contributed by atoms with Crippen LogP contribution in [-0.4, -0.2) is 30.0 Å². The van der Waals surface area contributed by atoms with Crippen molar-refractivity contribution >= 4 is 12.6 Å². The van der Waals surface area contributed by atoms with Crippen LogP contribution < -0.4 is 10.2 Å². The molecule has 1 aliphatic heterocycles. The zero-order chi connectivity index (χ0) is 27.0. The van der Waals surface area contributed by atoms with Crippen LogP contribution in [0, 0.1) is 0 Å². The lowest BCUT2D eigenvalue weighted by atomic mass is 9.75.